The first-order valence-electron chi connectivity index (χ1n) is 13.7. The van der Waals surface area contributed by atoms with E-state index in [2.05, 4.69) is 36.3 Å². The van der Waals surface area contributed by atoms with Crippen molar-refractivity contribution in [1.29, 1.82) is 0 Å². The Morgan fingerprint density at radius 2 is 1.61 bits per heavy atom. The maximum absolute atomic E-state index is 12.2. The van der Waals surface area contributed by atoms with Crippen LogP contribution in [0.4, 0.5) is 5.69 Å². The van der Waals surface area contributed by atoms with Crippen LogP contribution in [0.2, 0.25) is 0 Å². The van der Waals surface area contributed by atoms with Crippen LogP contribution in [-0.4, -0.2) is 55.5 Å². The van der Waals surface area contributed by atoms with Gasteiger partial charge in [0.2, 0.25) is 11.8 Å². The van der Waals surface area contributed by atoms with Crippen LogP contribution in [0.3, 0.4) is 0 Å². The molecule has 36 heavy (non-hydrogen) atoms. The molecule has 0 fully saturated rings. The minimum Gasteiger partial charge on any atom is -0.464 e. The molecule has 0 radical (unpaired) electrons. The highest BCUT2D eigenvalue weighted by Crippen LogP contribution is 2.13. The summed E-state index contributed by atoms with van der Waals surface area (Å²) in [5.41, 5.74) is 1.43. The van der Waals surface area contributed by atoms with Gasteiger partial charge in [-0.05, 0) is 43.3 Å². The van der Waals surface area contributed by atoms with Crippen molar-refractivity contribution < 1.29 is 19.1 Å². The molecule has 0 bridgehead atoms. The zero-order chi connectivity index (χ0) is 26.4. The third kappa shape index (κ3) is 16.1. The van der Waals surface area contributed by atoms with Crippen molar-refractivity contribution in [3.63, 3.8) is 0 Å². The van der Waals surface area contributed by atoms with Crippen LogP contribution in [0.15, 0.2) is 30.3 Å². The Hall–Kier alpha value is -2.67. The molecular formula is C29H47N3O4. The van der Waals surface area contributed by atoms with Gasteiger partial charge in [-0.3, -0.25) is 14.4 Å². The number of amides is 2. The van der Waals surface area contributed by atoms with Crippen molar-refractivity contribution in [2.45, 2.75) is 85.0 Å². The predicted molar refractivity (Wildman–Crippen MR) is 148 cm³/mol. The van der Waals surface area contributed by atoms with Gasteiger partial charge in [0.05, 0.1) is 6.42 Å². The molecule has 0 aromatic heterocycles. The summed E-state index contributed by atoms with van der Waals surface area (Å²) in [7, 11) is 0. The van der Waals surface area contributed by atoms with E-state index in [4.69, 9.17) is 4.74 Å². The molecule has 0 saturated carbocycles. The molecule has 0 aliphatic rings. The fraction of sp³-hybridized carbons (Fsp3) is 0.621. The van der Waals surface area contributed by atoms with Crippen LogP contribution < -0.4 is 10.6 Å². The third-order valence-corrected chi connectivity index (χ3v) is 6.05. The SMILES string of the molecule is CCCCCCCCCCNC(=O)/C=C\c1cccc(NC(=O)CCC(=O)OCCN(CC)CC)c1. The van der Waals surface area contributed by atoms with Gasteiger partial charge >= 0.3 is 5.97 Å². The molecule has 7 heteroatoms. The second-order valence-electron chi connectivity index (χ2n) is 9.02. The Bertz CT molecular complexity index is 790. The first-order chi connectivity index (χ1) is 17.5. The molecule has 1 aromatic rings. The summed E-state index contributed by atoms with van der Waals surface area (Å²) in [6, 6.07) is 7.25. The van der Waals surface area contributed by atoms with Crippen LogP contribution in [0.5, 0.6) is 0 Å². The summed E-state index contributed by atoms with van der Waals surface area (Å²) < 4.78 is 5.21. The van der Waals surface area contributed by atoms with Crippen LogP contribution in [0.1, 0.15) is 90.5 Å². The van der Waals surface area contributed by atoms with Gasteiger partial charge in [-0.1, -0.05) is 77.8 Å². The van der Waals surface area contributed by atoms with E-state index in [1.54, 1.807) is 18.2 Å². The zero-order valence-electron chi connectivity index (χ0n) is 22.7. The van der Waals surface area contributed by atoms with Crippen molar-refractivity contribution >= 4 is 29.5 Å². The molecule has 0 spiro atoms. The minimum absolute atomic E-state index is 0.0444. The van der Waals surface area contributed by atoms with E-state index in [-0.39, 0.29) is 30.6 Å². The molecule has 0 heterocycles. The number of anilines is 1. The fourth-order valence-electron chi connectivity index (χ4n) is 3.76. The van der Waals surface area contributed by atoms with Gasteiger partial charge < -0.3 is 20.3 Å². The van der Waals surface area contributed by atoms with Crippen LogP contribution in [0, 0.1) is 0 Å². The number of esters is 1. The molecule has 202 valence electrons. The van der Waals surface area contributed by atoms with Crippen LogP contribution in [-0.2, 0) is 19.1 Å². The number of ether oxygens (including phenoxy) is 1. The lowest BCUT2D eigenvalue weighted by atomic mass is 10.1. The maximum Gasteiger partial charge on any atom is 0.306 e. The Morgan fingerprint density at radius 1 is 0.917 bits per heavy atom. The van der Waals surface area contributed by atoms with E-state index >= 15 is 0 Å². The summed E-state index contributed by atoms with van der Waals surface area (Å²) in [5, 5.41) is 5.72. The van der Waals surface area contributed by atoms with Gasteiger partial charge in [-0.15, -0.1) is 0 Å². The number of rotatable bonds is 20. The van der Waals surface area contributed by atoms with Crippen molar-refractivity contribution in [1.82, 2.24) is 10.2 Å². The average Bonchev–Trinajstić information content (AvgIpc) is 2.88. The van der Waals surface area contributed by atoms with Crippen molar-refractivity contribution in [2.75, 3.05) is 38.1 Å². The lowest BCUT2D eigenvalue weighted by molar-refractivity contribution is -0.145. The third-order valence-electron chi connectivity index (χ3n) is 6.05. The van der Waals surface area contributed by atoms with Gasteiger partial charge in [-0.25, -0.2) is 0 Å². The van der Waals surface area contributed by atoms with Crippen molar-refractivity contribution in [2.24, 2.45) is 0 Å². The molecule has 0 unspecified atom stereocenters. The van der Waals surface area contributed by atoms with E-state index in [0.29, 0.717) is 25.4 Å². The highest BCUT2D eigenvalue weighted by molar-refractivity contribution is 5.94. The minimum atomic E-state index is -0.369. The lowest BCUT2D eigenvalue weighted by Crippen LogP contribution is -2.28. The number of likely N-dealkylation sites (N-methyl/N-ethyl adjacent to an activating group) is 1. The van der Waals surface area contributed by atoms with Gasteiger partial charge in [-0.2, -0.15) is 0 Å². The Balaban J connectivity index is 2.27. The summed E-state index contributed by atoms with van der Waals surface area (Å²) >= 11 is 0. The Labute approximate surface area is 218 Å². The summed E-state index contributed by atoms with van der Waals surface area (Å²) in [4.78, 5) is 38.3. The van der Waals surface area contributed by atoms with Gasteiger partial charge in [0.15, 0.2) is 0 Å². The molecular weight excluding hydrogens is 454 g/mol. The van der Waals surface area contributed by atoms with Crippen LogP contribution in [0.25, 0.3) is 6.08 Å². The quantitative estimate of drug-likeness (QED) is 0.139. The first-order valence-corrected chi connectivity index (χ1v) is 13.7. The zero-order valence-corrected chi connectivity index (χ0v) is 22.7. The Morgan fingerprint density at radius 3 is 2.31 bits per heavy atom. The van der Waals surface area contributed by atoms with E-state index in [0.717, 1.165) is 31.5 Å². The second-order valence-corrected chi connectivity index (χ2v) is 9.02. The number of hydrogen-bond acceptors (Lipinski definition) is 5. The van der Waals surface area contributed by atoms with E-state index in [1.165, 1.54) is 44.6 Å². The number of nitrogens with one attached hydrogen (secondary N) is 2. The number of benzene rings is 1. The molecule has 1 rings (SSSR count). The molecule has 0 aliphatic heterocycles. The maximum atomic E-state index is 12.2. The van der Waals surface area contributed by atoms with Crippen molar-refractivity contribution in [3.8, 4) is 0 Å². The van der Waals surface area contributed by atoms with Crippen molar-refractivity contribution in [3.05, 3.63) is 35.9 Å². The van der Waals surface area contributed by atoms with Gasteiger partial charge in [0, 0.05) is 31.3 Å². The fourth-order valence-corrected chi connectivity index (χ4v) is 3.76. The molecule has 2 N–H and O–H groups in total. The summed E-state index contributed by atoms with van der Waals surface area (Å²) in [6.07, 6.45) is 13.2. The molecule has 7 nitrogen and oxygen atoms in total. The van der Waals surface area contributed by atoms with E-state index in [9.17, 15) is 14.4 Å². The smallest absolute Gasteiger partial charge is 0.306 e. The summed E-state index contributed by atoms with van der Waals surface area (Å²) in [5.74, 6) is -0.737. The van der Waals surface area contributed by atoms with E-state index in [1.807, 2.05) is 12.1 Å². The molecule has 1 aromatic carbocycles. The molecule has 0 saturated heterocycles. The number of unbranched alkanes of at least 4 members (excludes halogenated alkanes) is 7. The Kier molecular flexibility index (Phi) is 17.9. The number of carbonyl (C=O) groups is 3. The summed E-state index contributed by atoms with van der Waals surface area (Å²) in [6.45, 7) is 9.90. The topological polar surface area (TPSA) is 87.7 Å². The number of carbonyl (C=O) groups excluding carboxylic acids is 3. The highest BCUT2D eigenvalue weighted by Gasteiger charge is 2.09. The average molecular weight is 502 g/mol. The van der Waals surface area contributed by atoms with Crippen LogP contribution >= 0.6 is 0 Å². The van der Waals surface area contributed by atoms with E-state index < -0.39 is 0 Å². The first kappa shape index (κ1) is 31.4. The highest BCUT2D eigenvalue weighted by atomic mass is 16.5. The number of nitrogens with zero attached hydrogens (tertiary/aromatic N) is 1. The standard InChI is InChI=1S/C29H47N3O4/c1-4-7-8-9-10-11-12-13-21-30-27(33)18-17-25-15-14-16-26(24-25)31-28(34)19-20-29(35)36-23-22-32(5-2)6-3/h14-18,24H,4-13,19-23H2,1-3H3,(H,30,33)(H,31,34)/b18-17-. The largest absolute Gasteiger partial charge is 0.464 e. The lowest BCUT2D eigenvalue weighted by Gasteiger charge is -2.17. The molecule has 0 atom stereocenters. The normalized spacial score (nSPS) is 11.1. The van der Waals surface area contributed by atoms with Gasteiger partial charge in [0.25, 0.3) is 0 Å². The predicted octanol–water partition coefficient (Wildman–Crippen LogP) is 5.56. The number of hydrogen-bond donors (Lipinski definition) is 2. The molecule has 0 aliphatic carbocycles. The molecule has 2 amide bonds. The second kappa shape index (κ2) is 20.5. The van der Waals surface area contributed by atoms with Gasteiger partial charge in [0.1, 0.15) is 6.61 Å². The monoisotopic (exact) mass is 501 g/mol.